The third-order valence-electron chi connectivity index (χ3n) is 5.38. The van der Waals surface area contributed by atoms with Crippen molar-refractivity contribution in [1.82, 2.24) is 15.1 Å². The van der Waals surface area contributed by atoms with Crippen LogP contribution in [0.3, 0.4) is 0 Å². The first-order valence-corrected chi connectivity index (χ1v) is 9.11. The Kier molecular flexibility index (Phi) is 5.57. The summed E-state index contributed by atoms with van der Waals surface area (Å²) in [5.74, 6) is 0. The summed E-state index contributed by atoms with van der Waals surface area (Å²) in [6.07, 6.45) is 2.73. The summed E-state index contributed by atoms with van der Waals surface area (Å²) in [6.45, 7) is 9.43. The second-order valence-electron chi connectivity index (χ2n) is 7.30. The van der Waals surface area contributed by atoms with Crippen molar-refractivity contribution in [3.8, 4) is 0 Å². The summed E-state index contributed by atoms with van der Waals surface area (Å²) in [6, 6.07) is 10.3. The van der Waals surface area contributed by atoms with E-state index in [2.05, 4.69) is 65.3 Å². The van der Waals surface area contributed by atoms with Gasteiger partial charge in [-0.05, 0) is 50.6 Å². The van der Waals surface area contributed by atoms with Crippen LogP contribution in [0, 0.1) is 0 Å². The molecule has 2 fully saturated rings. The van der Waals surface area contributed by atoms with Gasteiger partial charge in [0.2, 0.25) is 0 Å². The summed E-state index contributed by atoms with van der Waals surface area (Å²) < 4.78 is 0. The molecule has 1 N–H and O–H groups in total. The van der Waals surface area contributed by atoms with Crippen LogP contribution in [0.4, 0.5) is 5.69 Å². The molecule has 0 bridgehead atoms. The highest BCUT2D eigenvalue weighted by molar-refractivity contribution is 5.46. The van der Waals surface area contributed by atoms with Crippen molar-refractivity contribution >= 4 is 5.69 Å². The average Bonchev–Trinajstić information content (AvgIpc) is 3.07. The van der Waals surface area contributed by atoms with Crippen molar-refractivity contribution in [2.45, 2.75) is 31.8 Å². The fourth-order valence-electron chi connectivity index (χ4n) is 3.93. The third kappa shape index (κ3) is 4.06. The van der Waals surface area contributed by atoms with Gasteiger partial charge in [0.25, 0.3) is 0 Å². The molecule has 1 aromatic rings. The van der Waals surface area contributed by atoms with E-state index in [9.17, 15) is 0 Å². The van der Waals surface area contributed by atoms with Crippen LogP contribution in [0.2, 0.25) is 0 Å². The number of benzene rings is 1. The van der Waals surface area contributed by atoms with Crippen LogP contribution in [0.1, 0.15) is 31.4 Å². The number of piperazine rings is 1. The number of hydrogen-bond acceptors (Lipinski definition) is 4. The van der Waals surface area contributed by atoms with Crippen LogP contribution in [-0.2, 0) is 0 Å². The lowest BCUT2D eigenvalue weighted by molar-refractivity contribution is 0.0908. The topological polar surface area (TPSA) is 21.8 Å². The van der Waals surface area contributed by atoms with Crippen LogP contribution in [0.25, 0.3) is 0 Å². The Bertz CT molecular complexity index is 479. The normalized spacial score (nSPS) is 24.7. The lowest BCUT2D eigenvalue weighted by Crippen LogP contribution is -2.52. The lowest BCUT2D eigenvalue weighted by atomic mass is 10.0. The maximum atomic E-state index is 3.53. The predicted molar refractivity (Wildman–Crippen MR) is 98.2 cm³/mol. The van der Waals surface area contributed by atoms with Gasteiger partial charge in [0.05, 0.1) is 0 Å². The Hall–Kier alpha value is -1.10. The summed E-state index contributed by atoms with van der Waals surface area (Å²) in [5, 5.41) is 3.53. The Morgan fingerprint density at radius 3 is 2.43 bits per heavy atom. The third-order valence-corrected chi connectivity index (χ3v) is 5.38. The maximum Gasteiger partial charge on any atom is 0.0479 e. The summed E-state index contributed by atoms with van der Waals surface area (Å²) in [5.41, 5.74) is 2.75. The zero-order valence-electron chi connectivity index (χ0n) is 15.0. The van der Waals surface area contributed by atoms with Gasteiger partial charge >= 0.3 is 0 Å². The fraction of sp³-hybridized carbons (Fsp3) is 0.684. The minimum absolute atomic E-state index is 0.515. The highest BCUT2D eigenvalue weighted by Gasteiger charge is 2.29. The van der Waals surface area contributed by atoms with Gasteiger partial charge < -0.3 is 15.1 Å². The van der Waals surface area contributed by atoms with Crippen LogP contribution < -0.4 is 10.2 Å². The molecule has 0 saturated carbocycles. The van der Waals surface area contributed by atoms with E-state index in [-0.39, 0.29) is 0 Å². The number of hydrogen-bond donors (Lipinski definition) is 1. The first-order chi connectivity index (χ1) is 11.1. The molecule has 4 nitrogen and oxygen atoms in total. The molecule has 2 heterocycles. The van der Waals surface area contributed by atoms with Gasteiger partial charge in [0, 0.05) is 58.0 Å². The van der Waals surface area contributed by atoms with E-state index in [1.165, 1.54) is 43.7 Å². The molecule has 0 spiro atoms. The zero-order chi connectivity index (χ0) is 16.2. The molecule has 4 heteroatoms. The van der Waals surface area contributed by atoms with Crippen molar-refractivity contribution in [2.24, 2.45) is 0 Å². The highest BCUT2D eigenvalue weighted by atomic mass is 15.3. The van der Waals surface area contributed by atoms with Crippen molar-refractivity contribution in [3.05, 3.63) is 29.8 Å². The smallest absolute Gasteiger partial charge is 0.0479 e. The van der Waals surface area contributed by atoms with E-state index < -0.39 is 0 Å². The predicted octanol–water partition coefficient (Wildman–Crippen LogP) is 2.18. The molecule has 0 radical (unpaired) electrons. The van der Waals surface area contributed by atoms with E-state index in [1.807, 2.05) is 0 Å². The molecule has 2 aliphatic heterocycles. The summed E-state index contributed by atoms with van der Waals surface area (Å²) in [7, 11) is 4.21. The second-order valence-corrected chi connectivity index (χ2v) is 7.30. The molecule has 0 amide bonds. The van der Waals surface area contributed by atoms with Crippen LogP contribution >= 0.6 is 0 Å². The minimum Gasteiger partial charge on any atom is -0.378 e. The zero-order valence-corrected chi connectivity index (χ0v) is 15.0. The molecule has 128 valence electrons. The van der Waals surface area contributed by atoms with Crippen molar-refractivity contribution in [3.63, 3.8) is 0 Å². The minimum atomic E-state index is 0.515. The summed E-state index contributed by atoms with van der Waals surface area (Å²) >= 11 is 0. The van der Waals surface area contributed by atoms with Crippen LogP contribution in [0.5, 0.6) is 0 Å². The molecule has 2 unspecified atom stereocenters. The number of rotatable bonds is 5. The van der Waals surface area contributed by atoms with Crippen molar-refractivity contribution in [1.29, 1.82) is 0 Å². The first kappa shape index (κ1) is 16.7. The van der Waals surface area contributed by atoms with E-state index in [4.69, 9.17) is 0 Å². The molecule has 2 saturated heterocycles. The average molecular weight is 316 g/mol. The standard InChI is InChI=1S/C19H32N4/c1-16-14-20-10-13-23(16)19(15-22-11-4-5-12-22)17-6-8-18(9-7-17)21(2)3/h6-9,16,19-20H,4-5,10-15H2,1-3H3. The molecule has 23 heavy (non-hydrogen) atoms. The first-order valence-electron chi connectivity index (χ1n) is 9.11. The molecule has 3 rings (SSSR count). The number of nitrogens with one attached hydrogen (secondary N) is 1. The summed E-state index contributed by atoms with van der Waals surface area (Å²) in [4.78, 5) is 7.53. The van der Waals surface area contributed by atoms with Gasteiger partial charge in [0.1, 0.15) is 0 Å². The Balaban J connectivity index is 1.80. The van der Waals surface area contributed by atoms with E-state index in [1.54, 1.807) is 0 Å². The largest absolute Gasteiger partial charge is 0.378 e. The Morgan fingerprint density at radius 2 is 1.83 bits per heavy atom. The van der Waals surface area contributed by atoms with Gasteiger partial charge in [-0.15, -0.1) is 0 Å². The Labute approximate surface area is 141 Å². The highest BCUT2D eigenvalue weighted by Crippen LogP contribution is 2.28. The Morgan fingerprint density at radius 1 is 1.13 bits per heavy atom. The van der Waals surface area contributed by atoms with Gasteiger partial charge in [-0.1, -0.05) is 12.1 Å². The molecule has 0 aliphatic carbocycles. The molecule has 0 aromatic heterocycles. The van der Waals surface area contributed by atoms with Gasteiger partial charge in [-0.25, -0.2) is 0 Å². The molecular formula is C19H32N4. The van der Waals surface area contributed by atoms with Crippen LogP contribution in [-0.4, -0.2) is 69.2 Å². The second kappa shape index (κ2) is 7.65. The SMILES string of the molecule is CC1CNCCN1C(CN1CCCC1)c1ccc(N(C)C)cc1. The van der Waals surface area contributed by atoms with E-state index in [0.29, 0.717) is 12.1 Å². The van der Waals surface area contributed by atoms with Gasteiger partial charge in [-0.3, -0.25) is 4.90 Å². The quantitative estimate of drug-likeness (QED) is 0.899. The number of likely N-dealkylation sites (tertiary alicyclic amines) is 1. The molecule has 1 aromatic carbocycles. The lowest BCUT2D eigenvalue weighted by Gasteiger charge is -2.41. The van der Waals surface area contributed by atoms with Crippen LogP contribution in [0.15, 0.2) is 24.3 Å². The number of anilines is 1. The monoisotopic (exact) mass is 316 g/mol. The maximum absolute atomic E-state index is 3.53. The fourth-order valence-corrected chi connectivity index (χ4v) is 3.93. The van der Waals surface area contributed by atoms with Gasteiger partial charge in [0.15, 0.2) is 0 Å². The molecular weight excluding hydrogens is 284 g/mol. The molecule has 2 atom stereocenters. The van der Waals surface area contributed by atoms with Gasteiger partial charge in [-0.2, -0.15) is 0 Å². The van der Waals surface area contributed by atoms with E-state index in [0.717, 1.165) is 19.6 Å². The van der Waals surface area contributed by atoms with Crippen molar-refractivity contribution in [2.75, 3.05) is 58.3 Å². The number of nitrogens with zero attached hydrogens (tertiary/aromatic N) is 3. The van der Waals surface area contributed by atoms with E-state index >= 15 is 0 Å². The molecule has 2 aliphatic rings. The van der Waals surface area contributed by atoms with Crippen molar-refractivity contribution < 1.29 is 0 Å².